The van der Waals surface area contributed by atoms with Crippen molar-refractivity contribution in [3.05, 3.63) is 35.1 Å². The number of alkyl carbamates (subject to hydrolysis) is 1. The molecule has 1 aromatic rings. The quantitative estimate of drug-likeness (QED) is 0.743. The molecule has 0 bridgehead atoms. The fourth-order valence-corrected chi connectivity index (χ4v) is 1.56. The molecule has 2 rings (SSSR count). The lowest BCUT2D eigenvalue weighted by Gasteiger charge is -2.10. The zero-order valence-electron chi connectivity index (χ0n) is 7.71. The second-order valence-electron chi connectivity index (χ2n) is 3.28. The van der Waals surface area contributed by atoms with E-state index in [1.165, 1.54) is 12.1 Å². The van der Waals surface area contributed by atoms with E-state index in [4.69, 9.17) is 4.74 Å². The maximum absolute atomic E-state index is 12.8. The lowest BCUT2D eigenvalue weighted by molar-refractivity contribution is 0.141. The Morgan fingerprint density at radius 1 is 1.57 bits per heavy atom. The highest BCUT2D eigenvalue weighted by atomic mass is 19.1. The summed E-state index contributed by atoms with van der Waals surface area (Å²) in [6.45, 7) is 2.25. The number of cyclic esters (lactones) is 1. The Bertz CT molecular complexity index is 378. The van der Waals surface area contributed by atoms with Gasteiger partial charge in [-0.2, -0.15) is 0 Å². The molecule has 1 aliphatic rings. The SMILES string of the molecule is Cc1cc(F)ccc1C1CNC(=O)O1. The number of ether oxygens (including phenoxy) is 1. The molecule has 1 aliphatic heterocycles. The van der Waals surface area contributed by atoms with Gasteiger partial charge in [0.15, 0.2) is 0 Å². The average Bonchev–Trinajstić information content (AvgIpc) is 2.51. The van der Waals surface area contributed by atoms with Crippen LogP contribution in [-0.2, 0) is 4.74 Å². The predicted molar refractivity (Wildman–Crippen MR) is 48.4 cm³/mol. The molecule has 1 heterocycles. The third-order valence-corrected chi connectivity index (χ3v) is 2.26. The van der Waals surface area contributed by atoms with E-state index in [2.05, 4.69) is 5.32 Å². The van der Waals surface area contributed by atoms with Crippen molar-refractivity contribution in [2.45, 2.75) is 13.0 Å². The second-order valence-corrected chi connectivity index (χ2v) is 3.28. The van der Waals surface area contributed by atoms with E-state index in [-0.39, 0.29) is 11.9 Å². The van der Waals surface area contributed by atoms with Crippen molar-refractivity contribution in [2.75, 3.05) is 6.54 Å². The fraction of sp³-hybridized carbons (Fsp3) is 0.300. The maximum Gasteiger partial charge on any atom is 0.407 e. The maximum atomic E-state index is 12.8. The molecule has 1 saturated heterocycles. The van der Waals surface area contributed by atoms with Gasteiger partial charge in [0.2, 0.25) is 0 Å². The Balaban J connectivity index is 2.28. The minimum Gasteiger partial charge on any atom is -0.439 e. The minimum atomic E-state index is -0.418. The molecule has 14 heavy (non-hydrogen) atoms. The van der Waals surface area contributed by atoms with Crippen LogP contribution in [0.25, 0.3) is 0 Å². The first-order chi connectivity index (χ1) is 6.66. The van der Waals surface area contributed by atoms with Crippen molar-refractivity contribution in [1.29, 1.82) is 0 Å². The fourth-order valence-electron chi connectivity index (χ4n) is 1.56. The smallest absolute Gasteiger partial charge is 0.407 e. The van der Waals surface area contributed by atoms with E-state index >= 15 is 0 Å². The molecule has 74 valence electrons. The van der Waals surface area contributed by atoms with Crippen molar-refractivity contribution in [3.8, 4) is 0 Å². The van der Waals surface area contributed by atoms with E-state index in [9.17, 15) is 9.18 Å². The number of carbonyl (C=O) groups is 1. The summed E-state index contributed by atoms with van der Waals surface area (Å²) in [5, 5.41) is 2.56. The van der Waals surface area contributed by atoms with Crippen LogP contribution in [0, 0.1) is 12.7 Å². The van der Waals surface area contributed by atoms with Crippen LogP contribution >= 0.6 is 0 Å². The average molecular weight is 195 g/mol. The molecule has 0 aliphatic carbocycles. The van der Waals surface area contributed by atoms with Crippen molar-refractivity contribution in [2.24, 2.45) is 0 Å². The van der Waals surface area contributed by atoms with Crippen molar-refractivity contribution in [1.82, 2.24) is 5.32 Å². The third kappa shape index (κ3) is 1.55. The van der Waals surface area contributed by atoms with Gasteiger partial charge in [0.1, 0.15) is 11.9 Å². The molecule has 1 N–H and O–H groups in total. The summed E-state index contributed by atoms with van der Waals surface area (Å²) < 4.78 is 17.8. The lowest BCUT2D eigenvalue weighted by atomic mass is 10.0. The van der Waals surface area contributed by atoms with Crippen LogP contribution in [0.15, 0.2) is 18.2 Å². The summed E-state index contributed by atoms with van der Waals surface area (Å²) in [5.41, 5.74) is 1.65. The van der Waals surface area contributed by atoms with Gasteiger partial charge in [0.05, 0.1) is 6.54 Å². The zero-order chi connectivity index (χ0) is 10.1. The van der Waals surface area contributed by atoms with Gasteiger partial charge in [-0.05, 0) is 30.2 Å². The summed E-state index contributed by atoms with van der Waals surface area (Å²) in [4.78, 5) is 10.8. The first-order valence-corrected chi connectivity index (χ1v) is 4.37. The minimum absolute atomic E-state index is 0.275. The molecule has 0 saturated carbocycles. The summed E-state index contributed by atoms with van der Waals surface area (Å²) in [6.07, 6.45) is -0.707. The third-order valence-electron chi connectivity index (χ3n) is 2.26. The van der Waals surface area contributed by atoms with Crippen LogP contribution in [-0.4, -0.2) is 12.6 Å². The Morgan fingerprint density at radius 2 is 2.36 bits per heavy atom. The summed E-state index contributed by atoms with van der Waals surface area (Å²) in [6, 6.07) is 4.45. The number of nitrogens with one attached hydrogen (secondary N) is 1. The monoisotopic (exact) mass is 195 g/mol. The van der Waals surface area contributed by atoms with Crippen molar-refractivity contribution in [3.63, 3.8) is 0 Å². The number of halogens is 1. The van der Waals surface area contributed by atoms with Crippen molar-refractivity contribution < 1.29 is 13.9 Å². The molecular weight excluding hydrogens is 185 g/mol. The molecular formula is C10H10FNO2. The zero-order valence-corrected chi connectivity index (χ0v) is 7.71. The number of hydrogen-bond acceptors (Lipinski definition) is 2. The van der Waals surface area contributed by atoms with Crippen LogP contribution in [0.4, 0.5) is 9.18 Å². The number of aryl methyl sites for hydroxylation is 1. The Labute approximate surface area is 80.9 Å². The van der Waals surface area contributed by atoms with Crippen LogP contribution < -0.4 is 5.32 Å². The molecule has 4 heteroatoms. The van der Waals surface area contributed by atoms with Crippen LogP contribution in [0.3, 0.4) is 0 Å². The predicted octanol–water partition coefficient (Wildman–Crippen LogP) is 1.92. The Morgan fingerprint density at radius 3 is 2.93 bits per heavy atom. The number of rotatable bonds is 1. The Hall–Kier alpha value is -1.58. The van der Waals surface area contributed by atoms with E-state index in [1.807, 2.05) is 0 Å². The van der Waals surface area contributed by atoms with Crippen molar-refractivity contribution >= 4 is 6.09 Å². The van der Waals surface area contributed by atoms with E-state index in [1.54, 1.807) is 13.0 Å². The largest absolute Gasteiger partial charge is 0.439 e. The molecule has 3 nitrogen and oxygen atoms in total. The summed E-state index contributed by atoms with van der Waals surface area (Å²) >= 11 is 0. The molecule has 0 aromatic heterocycles. The van der Waals surface area contributed by atoms with E-state index < -0.39 is 6.09 Å². The first kappa shape index (κ1) is 8.99. The highest BCUT2D eigenvalue weighted by Gasteiger charge is 2.25. The van der Waals surface area contributed by atoms with E-state index in [0.717, 1.165) is 11.1 Å². The van der Waals surface area contributed by atoms with Crippen LogP contribution in [0.1, 0.15) is 17.2 Å². The normalized spacial score (nSPS) is 20.4. The van der Waals surface area contributed by atoms with Gasteiger partial charge in [-0.3, -0.25) is 0 Å². The summed E-state index contributed by atoms with van der Waals surface area (Å²) in [5.74, 6) is -0.275. The summed E-state index contributed by atoms with van der Waals surface area (Å²) in [7, 11) is 0. The van der Waals surface area contributed by atoms with Gasteiger partial charge in [-0.1, -0.05) is 6.07 Å². The van der Waals surface area contributed by atoms with Gasteiger partial charge in [0.25, 0.3) is 0 Å². The van der Waals surface area contributed by atoms with Crippen LogP contribution in [0.5, 0.6) is 0 Å². The standard InChI is InChI=1S/C10H10FNO2/c1-6-4-7(11)2-3-8(6)9-5-12-10(13)14-9/h2-4,9H,5H2,1H3,(H,12,13). The van der Waals surface area contributed by atoms with E-state index in [0.29, 0.717) is 6.54 Å². The van der Waals surface area contributed by atoms with Gasteiger partial charge in [0, 0.05) is 0 Å². The van der Waals surface area contributed by atoms with Gasteiger partial charge < -0.3 is 10.1 Å². The highest BCUT2D eigenvalue weighted by Crippen LogP contribution is 2.24. The first-order valence-electron chi connectivity index (χ1n) is 4.37. The van der Waals surface area contributed by atoms with Crippen LogP contribution in [0.2, 0.25) is 0 Å². The number of benzene rings is 1. The molecule has 1 atom stereocenters. The van der Waals surface area contributed by atoms with Gasteiger partial charge >= 0.3 is 6.09 Å². The number of amides is 1. The van der Waals surface area contributed by atoms with Gasteiger partial charge in [-0.15, -0.1) is 0 Å². The molecule has 1 amide bonds. The second kappa shape index (κ2) is 3.29. The molecule has 1 unspecified atom stereocenters. The van der Waals surface area contributed by atoms with Gasteiger partial charge in [-0.25, -0.2) is 9.18 Å². The topological polar surface area (TPSA) is 38.3 Å². The number of carbonyl (C=O) groups excluding carboxylic acids is 1. The molecule has 1 fully saturated rings. The highest BCUT2D eigenvalue weighted by molar-refractivity contribution is 5.69. The lowest BCUT2D eigenvalue weighted by Crippen LogP contribution is -2.12. The Kier molecular flexibility index (Phi) is 2.11. The molecule has 0 spiro atoms. The molecule has 1 aromatic carbocycles. The molecule has 0 radical (unpaired) electrons. The number of hydrogen-bond donors (Lipinski definition) is 1.